The Kier molecular flexibility index (Phi) is 3.50. The van der Waals surface area contributed by atoms with E-state index in [0.29, 0.717) is 6.42 Å². The number of sulfonamides is 1. The van der Waals surface area contributed by atoms with Gasteiger partial charge in [0, 0.05) is 13.1 Å². The molecule has 18 heavy (non-hydrogen) atoms. The van der Waals surface area contributed by atoms with Crippen LogP contribution in [0.2, 0.25) is 5.02 Å². The van der Waals surface area contributed by atoms with E-state index < -0.39 is 21.9 Å². The molecule has 0 radical (unpaired) electrons. The number of benzene rings is 1. The van der Waals surface area contributed by atoms with Crippen molar-refractivity contribution in [3.05, 3.63) is 23.0 Å². The summed E-state index contributed by atoms with van der Waals surface area (Å²) in [6.07, 6.45) is -0.315. The summed E-state index contributed by atoms with van der Waals surface area (Å²) in [5, 5.41) is 9.13. The van der Waals surface area contributed by atoms with Gasteiger partial charge < -0.3 is 10.8 Å². The number of rotatable bonds is 2. The smallest absolute Gasteiger partial charge is 0.244 e. The normalized spacial score (nSPS) is 21.4. The summed E-state index contributed by atoms with van der Waals surface area (Å²) < 4.78 is 38.7. The maximum absolute atomic E-state index is 13.1. The van der Waals surface area contributed by atoms with Gasteiger partial charge in [-0.2, -0.15) is 4.31 Å². The SMILES string of the molecule is Nc1cc(S(=O)(=O)N2CC[C@H](O)C2)c(Cl)cc1F. The van der Waals surface area contributed by atoms with Gasteiger partial charge in [-0.15, -0.1) is 0 Å². The number of aliphatic hydroxyl groups is 1. The fraction of sp³-hybridized carbons (Fsp3) is 0.400. The number of aliphatic hydroxyl groups excluding tert-OH is 1. The van der Waals surface area contributed by atoms with Crippen molar-refractivity contribution in [2.45, 2.75) is 17.4 Å². The summed E-state index contributed by atoms with van der Waals surface area (Å²) in [5.74, 6) is -0.764. The summed E-state index contributed by atoms with van der Waals surface area (Å²) in [4.78, 5) is -0.239. The highest BCUT2D eigenvalue weighted by atomic mass is 35.5. The van der Waals surface area contributed by atoms with Gasteiger partial charge in [0.15, 0.2) is 0 Å². The van der Waals surface area contributed by atoms with Gasteiger partial charge in [0.25, 0.3) is 0 Å². The summed E-state index contributed by atoms with van der Waals surface area (Å²) >= 11 is 5.74. The Morgan fingerprint density at radius 2 is 2.17 bits per heavy atom. The van der Waals surface area contributed by atoms with Gasteiger partial charge in [-0.1, -0.05) is 11.6 Å². The molecule has 0 aliphatic carbocycles. The minimum absolute atomic E-state index is 0.00986. The molecule has 1 aliphatic rings. The molecule has 2 rings (SSSR count). The number of nitrogens with zero attached hydrogens (tertiary/aromatic N) is 1. The lowest BCUT2D eigenvalue weighted by molar-refractivity contribution is 0.189. The molecule has 1 aliphatic heterocycles. The largest absolute Gasteiger partial charge is 0.396 e. The number of β-amino-alcohol motifs (C(OH)–C–C–N with tert-alkyl or cyclic N) is 1. The van der Waals surface area contributed by atoms with Crippen LogP contribution in [-0.4, -0.2) is 37.0 Å². The van der Waals surface area contributed by atoms with Crippen LogP contribution in [0, 0.1) is 5.82 Å². The van der Waals surface area contributed by atoms with Gasteiger partial charge in [0.1, 0.15) is 10.7 Å². The Morgan fingerprint density at radius 1 is 1.50 bits per heavy atom. The molecule has 1 fully saturated rings. The van der Waals surface area contributed by atoms with Crippen LogP contribution < -0.4 is 5.73 Å². The zero-order valence-electron chi connectivity index (χ0n) is 9.31. The van der Waals surface area contributed by atoms with E-state index in [4.69, 9.17) is 17.3 Å². The zero-order chi connectivity index (χ0) is 13.5. The van der Waals surface area contributed by atoms with Crippen molar-refractivity contribution >= 4 is 27.3 Å². The molecule has 0 amide bonds. The second kappa shape index (κ2) is 4.65. The molecule has 1 heterocycles. The highest BCUT2D eigenvalue weighted by Gasteiger charge is 2.33. The fourth-order valence-corrected chi connectivity index (χ4v) is 3.83. The van der Waals surface area contributed by atoms with Gasteiger partial charge in [0.2, 0.25) is 10.0 Å². The van der Waals surface area contributed by atoms with Gasteiger partial charge in [-0.05, 0) is 18.6 Å². The molecule has 1 atom stereocenters. The fourth-order valence-electron chi connectivity index (χ4n) is 1.81. The third-order valence-electron chi connectivity index (χ3n) is 2.80. The molecular weight excluding hydrogens is 283 g/mol. The molecule has 100 valence electrons. The molecule has 5 nitrogen and oxygen atoms in total. The van der Waals surface area contributed by atoms with Crippen LogP contribution in [0.25, 0.3) is 0 Å². The highest BCUT2D eigenvalue weighted by Crippen LogP contribution is 2.30. The first-order chi connectivity index (χ1) is 8.32. The lowest BCUT2D eigenvalue weighted by Crippen LogP contribution is -2.30. The average Bonchev–Trinajstić information content (AvgIpc) is 2.70. The first-order valence-electron chi connectivity index (χ1n) is 5.25. The predicted octanol–water partition coefficient (Wildman–Crippen LogP) is 0.817. The van der Waals surface area contributed by atoms with E-state index in [2.05, 4.69) is 0 Å². The molecule has 0 saturated carbocycles. The van der Waals surface area contributed by atoms with Crippen molar-refractivity contribution in [3.8, 4) is 0 Å². The molecule has 0 unspecified atom stereocenters. The second-order valence-electron chi connectivity index (χ2n) is 4.11. The zero-order valence-corrected chi connectivity index (χ0v) is 10.9. The number of nitrogen functional groups attached to an aromatic ring is 1. The van der Waals surface area contributed by atoms with Crippen molar-refractivity contribution in [1.82, 2.24) is 4.31 Å². The maximum atomic E-state index is 13.1. The number of hydrogen-bond acceptors (Lipinski definition) is 4. The van der Waals surface area contributed by atoms with Crippen molar-refractivity contribution in [2.24, 2.45) is 0 Å². The van der Waals surface area contributed by atoms with Crippen LogP contribution in [0.5, 0.6) is 0 Å². The first kappa shape index (κ1) is 13.5. The Bertz CT molecular complexity index is 579. The summed E-state index contributed by atoms with van der Waals surface area (Å²) in [7, 11) is -3.85. The highest BCUT2D eigenvalue weighted by molar-refractivity contribution is 7.89. The Morgan fingerprint density at radius 3 is 2.72 bits per heavy atom. The average molecular weight is 295 g/mol. The maximum Gasteiger partial charge on any atom is 0.244 e. The molecule has 0 spiro atoms. The van der Waals surface area contributed by atoms with Crippen LogP contribution in [0.15, 0.2) is 17.0 Å². The van der Waals surface area contributed by atoms with E-state index >= 15 is 0 Å². The van der Waals surface area contributed by atoms with Crippen molar-refractivity contribution in [3.63, 3.8) is 0 Å². The van der Waals surface area contributed by atoms with E-state index in [1.807, 2.05) is 0 Å². The topological polar surface area (TPSA) is 83.6 Å². The lowest BCUT2D eigenvalue weighted by atomic mass is 10.3. The minimum Gasteiger partial charge on any atom is -0.396 e. The predicted molar refractivity (Wildman–Crippen MR) is 65.2 cm³/mol. The molecule has 3 N–H and O–H groups in total. The summed E-state index contributed by atoms with van der Waals surface area (Å²) in [5.41, 5.74) is 5.07. The van der Waals surface area contributed by atoms with E-state index in [1.165, 1.54) is 0 Å². The lowest BCUT2D eigenvalue weighted by Gasteiger charge is -2.17. The number of anilines is 1. The summed E-state index contributed by atoms with van der Waals surface area (Å²) in [6.45, 7) is 0.215. The summed E-state index contributed by atoms with van der Waals surface area (Å²) in [6, 6.07) is 1.87. The standard InChI is InChI=1S/C10H12ClFN2O3S/c11-7-3-8(12)9(13)4-10(7)18(16,17)14-2-1-6(15)5-14/h3-4,6,15H,1-2,5,13H2/t6-/m0/s1. The second-order valence-corrected chi connectivity index (χ2v) is 6.42. The van der Waals surface area contributed by atoms with Gasteiger partial charge >= 0.3 is 0 Å². The van der Waals surface area contributed by atoms with E-state index in [0.717, 1.165) is 16.4 Å². The Labute approximate surface area is 109 Å². The van der Waals surface area contributed by atoms with E-state index in [-0.39, 0.29) is 28.7 Å². The van der Waals surface area contributed by atoms with Gasteiger partial charge in [-0.3, -0.25) is 0 Å². The van der Waals surface area contributed by atoms with Crippen LogP contribution in [0.3, 0.4) is 0 Å². The third kappa shape index (κ3) is 2.31. The number of hydrogen-bond donors (Lipinski definition) is 2. The molecule has 0 bridgehead atoms. The monoisotopic (exact) mass is 294 g/mol. The Balaban J connectivity index is 2.45. The van der Waals surface area contributed by atoms with Crippen LogP contribution in [-0.2, 0) is 10.0 Å². The van der Waals surface area contributed by atoms with Crippen LogP contribution >= 0.6 is 11.6 Å². The molecule has 8 heteroatoms. The molecule has 1 aromatic rings. The van der Waals surface area contributed by atoms with Crippen molar-refractivity contribution in [1.29, 1.82) is 0 Å². The first-order valence-corrected chi connectivity index (χ1v) is 7.07. The minimum atomic E-state index is -3.85. The molecular formula is C10H12ClFN2O3S. The van der Waals surface area contributed by atoms with E-state index in [9.17, 15) is 17.9 Å². The number of halogens is 2. The molecule has 1 saturated heterocycles. The van der Waals surface area contributed by atoms with Gasteiger partial charge in [0.05, 0.1) is 16.8 Å². The van der Waals surface area contributed by atoms with Crippen LogP contribution in [0.1, 0.15) is 6.42 Å². The number of nitrogens with two attached hydrogens (primary N) is 1. The quantitative estimate of drug-likeness (QED) is 0.791. The van der Waals surface area contributed by atoms with Gasteiger partial charge in [-0.25, -0.2) is 12.8 Å². The third-order valence-corrected chi connectivity index (χ3v) is 5.12. The Hall–Kier alpha value is -0.890. The molecule has 0 aromatic heterocycles. The van der Waals surface area contributed by atoms with Crippen molar-refractivity contribution in [2.75, 3.05) is 18.8 Å². The molecule has 1 aromatic carbocycles. The van der Waals surface area contributed by atoms with Crippen molar-refractivity contribution < 1.29 is 17.9 Å². The van der Waals surface area contributed by atoms with Crippen LogP contribution in [0.4, 0.5) is 10.1 Å². The van der Waals surface area contributed by atoms with E-state index in [1.54, 1.807) is 0 Å².